The number of nitrogens with zero attached hydrogens (tertiary/aromatic N) is 1. The topological polar surface area (TPSA) is 90.9 Å². The van der Waals surface area contributed by atoms with E-state index in [0.717, 1.165) is 13.0 Å². The van der Waals surface area contributed by atoms with E-state index in [-0.39, 0.29) is 5.91 Å². The molecule has 5 nitrogen and oxygen atoms in total. The SMILES string of the molecule is N#CCCNC(=O)CNCCCN. The molecular weight excluding hydrogens is 168 g/mol. The van der Waals surface area contributed by atoms with Gasteiger partial charge in [-0.2, -0.15) is 5.26 Å². The first-order valence-corrected chi connectivity index (χ1v) is 4.35. The highest BCUT2D eigenvalue weighted by molar-refractivity contribution is 5.77. The van der Waals surface area contributed by atoms with Crippen LogP contribution in [0.4, 0.5) is 0 Å². The minimum Gasteiger partial charge on any atom is -0.354 e. The van der Waals surface area contributed by atoms with E-state index in [0.29, 0.717) is 26.1 Å². The minimum absolute atomic E-state index is 0.0766. The predicted molar refractivity (Wildman–Crippen MR) is 49.8 cm³/mol. The van der Waals surface area contributed by atoms with Crippen molar-refractivity contribution < 1.29 is 4.79 Å². The number of amides is 1. The smallest absolute Gasteiger partial charge is 0.233 e. The summed E-state index contributed by atoms with van der Waals surface area (Å²) in [6, 6.07) is 1.95. The Balaban J connectivity index is 3.16. The highest BCUT2D eigenvalue weighted by Gasteiger charge is 1.97. The van der Waals surface area contributed by atoms with E-state index >= 15 is 0 Å². The molecule has 74 valence electrons. The summed E-state index contributed by atoms with van der Waals surface area (Å²) in [4.78, 5) is 11.0. The first kappa shape index (κ1) is 11.9. The molecule has 0 unspecified atom stereocenters. The summed E-state index contributed by atoms with van der Waals surface area (Å²) in [6.07, 6.45) is 1.22. The summed E-state index contributed by atoms with van der Waals surface area (Å²) in [5, 5.41) is 13.7. The Bertz CT molecular complexity index is 175. The maximum Gasteiger partial charge on any atom is 0.233 e. The van der Waals surface area contributed by atoms with Gasteiger partial charge in [-0.05, 0) is 19.5 Å². The van der Waals surface area contributed by atoms with Gasteiger partial charge < -0.3 is 16.4 Å². The molecule has 0 aliphatic carbocycles. The average molecular weight is 184 g/mol. The summed E-state index contributed by atoms with van der Waals surface area (Å²) in [6.45, 7) is 2.10. The average Bonchev–Trinajstić information content (AvgIpc) is 2.13. The number of carbonyl (C=O) groups excluding carboxylic acids is 1. The van der Waals surface area contributed by atoms with E-state index in [2.05, 4.69) is 10.6 Å². The van der Waals surface area contributed by atoms with Crippen LogP contribution in [-0.4, -0.2) is 32.1 Å². The van der Waals surface area contributed by atoms with Crippen LogP contribution in [0.1, 0.15) is 12.8 Å². The minimum atomic E-state index is -0.0766. The summed E-state index contributed by atoms with van der Waals surface area (Å²) in [7, 11) is 0. The van der Waals surface area contributed by atoms with Gasteiger partial charge in [-0.15, -0.1) is 0 Å². The summed E-state index contributed by atoms with van der Waals surface area (Å²) >= 11 is 0. The van der Waals surface area contributed by atoms with Gasteiger partial charge in [0.1, 0.15) is 0 Å². The zero-order valence-corrected chi connectivity index (χ0v) is 7.68. The molecule has 0 atom stereocenters. The van der Waals surface area contributed by atoms with Gasteiger partial charge in [-0.1, -0.05) is 0 Å². The molecular formula is C8H16N4O. The van der Waals surface area contributed by atoms with Gasteiger partial charge in [0.25, 0.3) is 0 Å². The van der Waals surface area contributed by atoms with Crippen molar-refractivity contribution in [2.24, 2.45) is 5.73 Å². The van der Waals surface area contributed by atoms with Gasteiger partial charge in [0.2, 0.25) is 5.91 Å². The van der Waals surface area contributed by atoms with Crippen molar-refractivity contribution in [2.75, 3.05) is 26.2 Å². The first-order valence-electron chi connectivity index (χ1n) is 4.35. The molecule has 0 bridgehead atoms. The molecule has 13 heavy (non-hydrogen) atoms. The maximum absolute atomic E-state index is 11.0. The molecule has 0 rings (SSSR count). The van der Waals surface area contributed by atoms with Crippen LogP contribution in [0.15, 0.2) is 0 Å². The van der Waals surface area contributed by atoms with Gasteiger partial charge >= 0.3 is 0 Å². The molecule has 0 saturated carbocycles. The lowest BCUT2D eigenvalue weighted by molar-refractivity contribution is -0.120. The molecule has 0 aromatic rings. The Morgan fingerprint density at radius 2 is 2.23 bits per heavy atom. The van der Waals surface area contributed by atoms with Gasteiger partial charge in [-0.3, -0.25) is 4.79 Å². The zero-order chi connectivity index (χ0) is 9.94. The molecule has 0 fully saturated rings. The second kappa shape index (κ2) is 8.97. The van der Waals surface area contributed by atoms with Crippen molar-refractivity contribution in [3.63, 3.8) is 0 Å². The van der Waals surface area contributed by atoms with Crippen molar-refractivity contribution >= 4 is 5.91 Å². The fraction of sp³-hybridized carbons (Fsp3) is 0.750. The van der Waals surface area contributed by atoms with Crippen LogP contribution in [0.3, 0.4) is 0 Å². The Kier molecular flexibility index (Phi) is 8.20. The van der Waals surface area contributed by atoms with Crippen LogP contribution in [0.25, 0.3) is 0 Å². The van der Waals surface area contributed by atoms with Crippen LogP contribution in [-0.2, 0) is 4.79 Å². The number of carbonyl (C=O) groups is 1. The Morgan fingerprint density at radius 1 is 1.46 bits per heavy atom. The van der Waals surface area contributed by atoms with Gasteiger partial charge in [0.15, 0.2) is 0 Å². The van der Waals surface area contributed by atoms with E-state index in [1.807, 2.05) is 6.07 Å². The number of nitriles is 1. The lowest BCUT2D eigenvalue weighted by Crippen LogP contribution is -2.35. The molecule has 0 aliphatic heterocycles. The third-order valence-electron chi connectivity index (χ3n) is 1.40. The van der Waals surface area contributed by atoms with Gasteiger partial charge in [0.05, 0.1) is 19.0 Å². The molecule has 0 aromatic carbocycles. The fourth-order valence-corrected chi connectivity index (χ4v) is 0.749. The van der Waals surface area contributed by atoms with E-state index in [9.17, 15) is 4.79 Å². The molecule has 0 aliphatic rings. The molecule has 0 radical (unpaired) electrons. The second-order valence-corrected chi connectivity index (χ2v) is 2.58. The van der Waals surface area contributed by atoms with Crippen molar-refractivity contribution in [1.82, 2.24) is 10.6 Å². The van der Waals surface area contributed by atoms with Crippen LogP contribution >= 0.6 is 0 Å². The predicted octanol–water partition coefficient (Wildman–Crippen LogP) is -1.05. The molecule has 0 spiro atoms. The normalized spacial score (nSPS) is 9.23. The van der Waals surface area contributed by atoms with E-state index in [1.165, 1.54) is 0 Å². The van der Waals surface area contributed by atoms with Crippen molar-refractivity contribution in [1.29, 1.82) is 5.26 Å². The molecule has 0 heterocycles. The van der Waals surface area contributed by atoms with Gasteiger partial charge in [0, 0.05) is 6.54 Å². The maximum atomic E-state index is 11.0. The summed E-state index contributed by atoms with van der Waals surface area (Å²) in [5.41, 5.74) is 5.27. The van der Waals surface area contributed by atoms with Crippen LogP contribution < -0.4 is 16.4 Å². The zero-order valence-electron chi connectivity index (χ0n) is 7.68. The third-order valence-corrected chi connectivity index (χ3v) is 1.40. The van der Waals surface area contributed by atoms with Crippen LogP contribution in [0, 0.1) is 11.3 Å². The molecule has 1 amide bonds. The third kappa shape index (κ3) is 8.79. The highest BCUT2D eigenvalue weighted by Crippen LogP contribution is 1.72. The quantitative estimate of drug-likeness (QED) is 0.440. The Hall–Kier alpha value is -1.12. The number of hydrogen-bond acceptors (Lipinski definition) is 4. The highest BCUT2D eigenvalue weighted by atomic mass is 16.1. The monoisotopic (exact) mass is 184 g/mol. The number of rotatable bonds is 7. The molecule has 0 aromatic heterocycles. The first-order chi connectivity index (χ1) is 6.31. The molecule has 0 saturated heterocycles. The van der Waals surface area contributed by atoms with E-state index < -0.39 is 0 Å². The molecule has 5 heteroatoms. The van der Waals surface area contributed by atoms with Crippen LogP contribution in [0.2, 0.25) is 0 Å². The largest absolute Gasteiger partial charge is 0.354 e. The standard InChI is InChI=1S/C8H16N4O/c9-3-1-5-11-7-8(13)12-6-2-4-10/h11H,1-3,5-7,9H2,(H,12,13). The van der Waals surface area contributed by atoms with E-state index in [4.69, 9.17) is 11.0 Å². The summed E-state index contributed by atoms with van der Waals surface area (Å²) in [5.74, 6) is -0.0766. The van der Waals surface area contributed by atoms with E-state index in [1.54, 1.807) is 0 Å². The Labute approximate surface area is 78.3 Å². The number of nitrogens with two attached hydrogens (primary N) is 1. The second-order valence-electron chi connectivity index (χ2n) is 2.58. The van der Waals surface area contributed by atoms with Crippen molar-refractivity contribution in [3.05, 3.63) is 0 Å². The fourth-order valence-electron chi connectivity index (χ4n) is 0.749. The lowest BCUT2D eigenvalue weighted by Gasteiger charge is -2.03. The van der Waals surface area contributed by atoms with Gasteiger partial charge in [-0.25, -0.2) is 0 Å². The van der Waals surface area contributed by atoms with Crippen LogP contribution in [0.5, 0.6) is 0 Å². The number of hydrogen-bond donors (Lipinski definition) is 3. The number of nitrogens with one attached hydrogen (secondary N) is 2. The summed E-state index contributed by atoms with van der Waals surface area (Å²) < 4.78 is 0. The lowest BCUT2D eigenvalue weighted by atomic mass is 10.4. The Morgan fingerprint density at radius 3 is 2.85 bits per heavy atom. The van der Waals surface area contributed by atoms with Crippen molar-refractivity contribution in [3.8, 4) is 6.07 Å². The van der Waals surface area contributed by atoms with Crippen molar-refractivity contribution in [2.45, 2.75) is 12.8 Å². The molecule has 4 N–H and O–H groups in total.